The zero-order valence-electron chi connectivity index (χ0n) is 13.7. The summed E-state index contributed by atoms with van der Waals surface area (Å²) in [6, 6.07) is 11.3. The molecule has 2 amide bonds. The minimum absolute atomic E-state index is 0.175. The molecule has 0 spiro atoms. The van der Waals surface area contributed by atoms with Gasteiger partial charge in [-0.3, -0.25) is 10.3 Å². The summed E-state index contributed by atoms with van der Waals surface area (Å²) in [6.45, 7) is 2.11. The Morgan fingerprint density at radius 3 is 2.68 bits per heavy atom. The van der Waals surface area contributed by atoms with Crippen molar-refractivity contribution in [2.75, 3.05) is 5.32 Å². The van der Waals surface area contributed by atoms with Gasteiger partial charge in [-0.2, -0.15) is 5.10 Å². The number of aromatic nitrogens is 3. The normalized spacial score (nSPS) is 11.8. The fourth-order valence-corrected chi connectivity index (χ4v) is 2.44. The predicted molar refractivity (Wildman–Crippen MR) is 92.5 cm³/mol. The summed E-state index contributed by atoms with van der Waals surface area (Å²) >= 11 is 0. The average Bonchev–Trinajstić information content (AvgIpc) is 3.04. The molecule has 0 saturated carbocycles. The number of carbonyl (C=O) groups excluding carboxylic acids is 1. The highest BCUT2D eigenvalue weighted by molar-refractivity contribution is 5.88. The molecule has 128 valence electrons. The lowest BCUT2D eigenvalue weighted by atomic mass is 10.1. The number of carbonyl (C=O) groups is 1. The number of halogens is 1. The summed E-state index contributed by atoms with van der Waals surface area (Å²) in [6.07, 6.45) is 4.91. The molecule has 3 aromatic rings. The van der Waals surface area contributed by atoms with Crippen LogP contribution in [0.3, 0.4) is 0 Å². The highest BCUT2D eigenvalue weighted by atomic mass is 19.1. The van der Waals surface area contributed by atoms with Gasteiger partial charge in [-0.15, -0.1) is 0 Å². The van der Waals surface area contributed by atoms with Crippen molar-refractivity contribution >= 4 is 11.8 Å². The van der Waals surface area contributed by atoms with Crippen molar-refractivity contribution < 1.29 is 9.18 Å². The van der Waals surface area contributed by atoms with Crippen molar-refractivity contribution in [3.63, 3.8) is 0 Å². The largest absolute Gasteiger partial charge is 0.331 e. The van der Waals surface area contributed by atoms with Crippen molar-refractivity contribution in [1.82, 2.24) is 20.1 Å². The van der Waals surface area contributed by atoms with Crippen LogP contribution in [-0.2, 0) is 6.54 Å². The van der Waals surface area contributed by atoms with Gasteiger partial charge in [0.2, 0.25) is 0 Å². The zero-order chi connectivity index (χ0) is 17.6. The molecule has 1 aromatic carbocycles. The van der Waals surface area contributed by atoms with Crippen LogP contribution in [0.4, 0.5) is 15.0 Å². The first-order valence-electron chi connectivity index (χ1n) is 7.86. The highest BCUT2D eigenvalue weighted by Gasteiger charge is 2.12. The SMILES string of the molecule is C[C@H](NC(=O)Nc1ccnn1Cc1ccccc1F)c1ccncc1. The van der Waals surface area contributed by atoms with Crippen LogP contribution in [0.1, 0.15) is 24.1 Å². The monoisotopic (exact) mass is 339 g/mol. The maximum Gasteiger partial charge on any atom is 0.320 e. The van der Waals surface area contributed by atoms with E-state index in [9.17, 15) is 9.18 Å². The molecule has 2 heterocycles. The van der Waals surface area contributed by atoms with Gasteiger partial charge in [0.15, 0.2) is 0 Å². The van der Waals surface area contributed by atoms with Crippen LogP contribution < -0.4 is 10.6 Å². The van der Waals surface area contributed by atoms with Gasteiger partial charge >= 0.3 is 6.03 Å². The molecule has 1 atom stereocenters. The Kier molecular flexibility index (Phi) is 5.03. The Morgan fingerprint density at radius 1 is 1.16 bits per heavy atom. The second-order valence-electron chi connectivity index (χ2n) is 5.57. The van der Waals surface area contributed by atoms with Crippen LogP contribution >= 0.6 is 0 Å². The van der Waals surface area contributed by atoms with Crippen LogP contribution in [0.15, 0.2) is 61.1 Å². The molecule has 3 rings (SSSR count). The number of rotatable bonds is 5. The fraction of sp³-hybridized carbons (Fsp3) is 0.167. The van der Waals surface area contributed by atoms with Crippen molar-refractivity contribution in [2.45, 2.75) is 19.5 Å². The van der Waals surface area contributed by atoms with Gasteiger partial charge in [0.25, 0.3) is 0 Å². The minimum Gasteiger partial charge on any atom is -0.331 e. The first-order chi connectivity index (χ1) is 12.1. The van der Waals surface area contributed by atoms with Gasteiger partial charge < -0.3 is 5.32 Å². The Labute approximate surface area is 144 Å². The molecule has 0 fully saturated rings. The summed E-state index contributed by atoms with van der Waals surface area (Å²) in [5.74, 6) is 0.183. The van der Waals surface area contributed by atoms with Crippen molar-refractivity contribution in [3.8, 4) is 0 Å². The van der Waals surface area contributed by atoms with E-state index in [1.165, 1.54) is 10.7 Å². The molecule has 2 N–H and O–H groups in total. The number of benzene rings is 1. The maximum absolute atomic E-state index is 13.8. The minimum atomic E-state index is -0.361. The third-order valence-electron chi connectivity index (χ3n) is 3.79. The highest BCUT2D eigenvalue weighted by Crippen LogP contribution is 2.14. The van der Waals surface area contributed by atoms with E-state index in [-0.39, 0.29) is 24.4 Å². The van der Waals surface area contributed by atoms with E-state index in [4.69, 9.17) is 0 Å². The van der Waals surface area contributed by atoms with Gasteiger partial charge in [-0.25, -0.2) is 13.9 Å². The second-order valence-corrected chi connectivity index (χ2v) is 5.57. The average molecular weight is 339 g/mol. The van der Waals surface area contributed by atoms with Gasteiger partial charge in [0.05, 0.1) is 18.8 Å². The van der Waals surface area contributed by atoms with Crippen LogP contribution in [0.5, 0.6) is 0 Å². The standard InChI is InChI=1S/C18H18FN5O/c1-13(14-6-9-20-10-7-14)22-18(25)23-17-8-11-21-24(17)12-15-4-2-3-5-16(15)19/h2-11,13H,12H2,1H3,(H2,22,23,25)/t13-/m0/s1. The van der Waals surface area contributed by atoms with E-state index in [1.807, 2.05) is 19.1 Å². The van der Waals surface area contributed by atoms with Crippen LogP contribution in [0.2, 0.25) is 0 Å². The number of nitrogens with zero attached hydrogens (tertiary/aromatic N) is 3. The number of hydrogen-bond donors (Lipinski definition) is 2. The van der Waals surface area contributed by atoms with Crippen molar-refractivity contribution in [2.24, 2.45) is 0 Å². The van der Waals surface area contributed by atoms with E-state index < -0.39 is 0 Å². The van der Waals surface area contributed by atoms with Gasteiger partial charge in [-0.05, 0) is 30.7 Å². The van der Waals surface area contributed by atoms with Crippen LogP contribution in [0.25, 0.3) is 0 Å². The van der Waals surface area contributed by atoms with Gasteiger partial charge in [0.1, 0.15) is 11.6 Å². The molecule has 2 aromatic heterocycles. The van der Waals surface area contributed by atoms with E-state index in [1.54, 1.807) is 42.9 Å². The predicted octanol–water partition coefficient (Wildman–Crippen LogP) is 3.35. The Bertz CT molecular complexity index is 849. The summed E-state index contributed by atoms with van der Waals surface area (Å²) < 4.78 is 15.3. The van der Waals surface area contributed by atoms with Crippen LogP contribution in [-0.4, -0.2) is 20.8 Å². The van der Waals surface area contributed by atoms with E-state index >= 15 is 0 Å². The summed E-state index contributed by atoms with van der Waals surface area (Å²) in [5, 5.41) is 9.73. The number of urea groups is 1. The molecule has 0 aliphatic heterocycles. The molecule has 7 heteroatoms. The Morgan fingerprint density at radius 2 is 1.92 bits per heavy atom. The molecule has 0 aliphatic rings. The lowest BCUT2D eigenvalue weighted by Crippen LogP contribution is -2.32. The molecule has 0 unspecified atom stereocenters. The third kappa shape index (κ3) is 4.20. The number of anilines is 1. The Balaban J connectivity index is 1.65. The summed E-state index contributed by atoms with van der Waals surface area (Å²) in [5.41, 5.74) is 1.45. The number of nitrogens with one attached hydrogen (secondary N) is 2. The fourth-order valence-electron chi connectivity index (χ4n) is 2.44. The van der Waals surface area contributed by atoms with Crippen molar-refractivity contribution in [1.29, 1.82) is 0 Å². The number of hydrogen-bond acceptors (Lipinski definition) is 3. The summed E-state index contributed by atoms with van der Waals surface area (Å²) in [7, 11) is 0. The lowest BCUT2D eigenvalue weighted by molar-refractivity contribution is 0.249. The first-order valence-corrected chi connectivity index (χ1v) is 7.86. The second kappa shape index (κ2) is 7.57. The van der Waals surface area contributed by atoms with E-state index in [2.05, 4.69) is 20.7 Å². The molecule has 0 bridgehead atoms. The molecule has 0 saturated heterocycles. The van der Waals surface area contributed by atoms with Gasteiger partial charge in [-0.1, -0.05) is 18.2 Å². The van der Waals surface area contributed by atoms with Crippen LogP contribution in [0, 0.1) is 5.82 Å². The molecular weight excluding hydrogens is 321 g/mol. The zero-order valence-corrected chi connectivity index (χ0v) is 13.7. The quantitative estimate of drug-likeness (QED) is 0.749. The van der Waals surface area contributed by atoms with Crippen molar-refractivity contribution in [3.05, 3.63) is 78.0 Å². The Hall–Kier alpha value is -3.22. The summed E-state index contributed by atoms with van der Waals surface area (Å²) in [4.78, 5) is 16.2. The topological polar surface area (TPSA) is 71.8 Å². The number of amides is 2. The maximum atomic E-state index is 13.8. The van der Waals surface area contributed by atoms with E-state index in [0.717, 1.165) is 5.56 Å². The molecule has 25 heavy (non-hydrogen) atoms. The first kappa shape index (κ1) is 16.6. The van der Waals surface area contributed by atoms with E-state index in [0.29, 0.717) is 11.4 Å². The number of pyridine rings is 1. The lowest BCUT2D eigenvalue weighted by Gasteiger charge is -2.15. The molecular formula is C18H18FN5O. The molecule has 0 radical (unpaired) electrons. The third-order valence-corrected chi connectivity index (χ3v) is 3.79. The molecule has 6 nitrogen and oxygen atoms in total. The smallest absolute Gasteiger partial charge is 0.320 e. The van der Waals surface area contributed by atoms with Gasteiger partial charge in [0, 0.05) is 24.0 Å². The molecule has 0 aliphatic carbocycles.